The molecule has 2 aromatic carbocycles. The van der Waals surface area contributed by atoms with E-state index in [0.29, 0.717) is 22.3 Å². The lowest BCUT2D eigenvalue weighted by Crippen LogP contribution is -2.11. The smallest absolute Gasteiger partial charge is 0.340 e. The van der Waals surface area contributed by atoms with Crippen LogP contribution in [0.3, 0.4) is 0 Å². The molecular weight excluding hydrogens is 340 g/mol. The average molecular weight is 358 g/mol. The van der Waals surface area contributed by atoms with Crippen LogP contribution in [-0.4, -0.2) is 27.5 Å². The summed E-state index contributed by atoms with van der Waals surface area (Å²) in [7, 11) is 0. The Balaban J connectivity index is 1.99. The van der Waals surface area contributed by atoms with Crippen LogP contribution in [0.15, 0.2) is 66.9 Å². The lowest BCUT2D eigenvalue weighted by molar-refractivity contribution is 0.0380. The van der Waals surface area contributed by atoms with Crippen molar-refractivity contribution in [2.45, 2.75) is 20.0 Å². The molecule has 0 aliphatic carbocycles. The number of esters is 1. The Kier molecular flexibility index (Phi) is 4.20. The molecule has 2 aromatic heterocycles. The van der Waals surface area contributed by atoms with Gasteiger partial charge in [-0.1, -0.05) is 54.6 Å². The van der Waals surface area contributed by atoms with Crippen molar-refractivity contribution in [1.82, 2.24) is 9.61 Å². The summed E-state index contributed by atoms with van der Waals surface area (Å²) >= 11 is 0. The number of benzene rings is 2. The second-order valence-electron chi connectivity index (χ2n) is 6.58. The second-order valence-corrected chi connectivity index (χ2v) is 6.58. The summed E-state index contributed by atoms with van der Waals surface area (Å²) in [6.45, 7) is 3.59. The zero-order valence-corrected chi connectivity index (χ0v) is 15.0. The normalized spacial score (nSPS) is 11.2. The fourth-order valence-electron chi connectivity index (χ4n) is 3.16. The van der Waals surface area contributed by atoms with E-state index < -0.39 is 5.97 Å². The monoisotopic (exact) mass is 358 g/mol. The highest BCUT2D eigenvalue weighted by molar-refractivity contribution is 6.14. The van der Waals surface area contributed by atoms with E-state index in [-0.39, 0.29) is 11.9 Å². The van der Waals surface area contributed by atoms with Crippen LogP contribution in [0.25, 0.3) is 16.3 Å². The number of hydrogen-bond acceptors (Lipinski definition) is 4. The topological polar surface area (TPSA) is 60.7 Å². The number of hydrogen-bond donors (Lipinski definition) is 0. The van der Waals surface area contributed by atoms with Gasteiger partial charge in [-0.3, -0.25) is 4.79 Å². The van der Waals surface area contributed by atoms with E-state index in [0.717, 1.165) is 10.8 Å². The van der Waals surface area contributed by atoms with E-state index in [1.165, 1.54) is 4.52 Å². The van der Waals surface area contributed by atoms with Crippen molar-refractivity contribution >= 4 is 28.0 Å². The number of carbonyl (C=O) groups is 2. The molecule has 0 bridgehead atoms. The molecule has 2 heterocycles. The first-order valence-electron chi connectivity index (χ1n) is 8.76. The molecule has 0 amide bonds. The van der Waals surface area contributed by atoms with Gasteiger partial charge < -0.3 is 4.74 Å². The molecule has 0 atom stereocenters. The Hall–Kier alpha value is -3.47. The van der Waals surface area contributed by atoms with Crippen molar-refractivity contribution in [3.05, 3.63) is 83.7 Å². The molecule has 0 radical (unpaired) electrons. The molecule has 0 saturated carbocycles. The summed E-state index contributed by atoms with van der Waals surface area (Å²) in [5.74, 6) is -0.662. The maximum absolute atomic E-state index is 13.0. The number of aromatic nitrogens is 2. The third-order valence-corrected chi connectivity index (χ3v) is 4.34. The molecule has 5 nitrogen and oxygen atoms in total. The van der Waals surface area contributed by atoms with E-state index >= 15 is 0 Å². The third-order valence-electron chi connectivity index (χ3n) is 4.34. The van der Waals surface area contributed by atoms with Gasteiger partial charge in [0.1, 0.15) is 5.69 Å². The van der Waals surface area contributed by atoms with E-state index in [4.69, 9.17) is 4.74 Å². The van der Waals surface area contributed by atoms with Crippen molar-refractivity contribution in [2.24, 2.45) is 0 Å². The van der Waals surface area contributed by atoms with Crippen molar-refractivity contribution in [2.75, 3.05) is 0 Å². The van der Waals surface area contributed by atoms with Crippen LogP contribution >= 0.6 is 0 Å². The molecular formula is C22H18N2O3. The molecule has 0 unspecified atom stereocenters. The van der Waals surface area contributed by atoms with Gasteiger partial charge in [0.15, 0.2) is 0 Å². The van der Waals surface area contributed by atoms with Crippen molar-refractivity contribution < 1.29 is 14.3 Å². The fourth-order valence-corrected chi connectivity index (χ4v) is 3.16. The summed E-state index contributed by atoms with van der Waals surface area (Å²) in [6, 6.07) is 18.2. The minimum atomic E-state index is -0.465. The molecule has 4 aromatic rings. The Morgan fingerprint density at radius 1 is 1.00 bits per heavy atom. The molecule has 0 spiro atoms. The van der Waals surface area contributed by atoms with Gasteiger partial charge in [0, 0.05) is 16.3 Å². The summed E-state index contributed by atoms with van der Waals surface area (Å²) in [4.78, 5) is 25.8. The molecule has 0 aliphatic rings. The van der Waals surface area contributed by atoms with Gasteiger partial charge in [0.25, 0.3) is 0 Å². The first-order chi connectivity index (χ1) is 13.1. The standard InChI is InChI=1S/C22H18N2O3/c1-14(2)27-22(26)18-12-19(21(25)15-8-4-3-5-9-15)24-20(18)17-11-7-6-10-16(17)13-23-24/h3-14H,1-2H3. The first-order valence-corrected chi connectivity index (χ1v) is 8.76. The van der Waals surface area contributed by atoms with E-state index in [1.807, 2.05) is 30.3 Å². The van der Waals surface area contributed by atoms with Crippen LogP contribution in [0, 0.1) is 0 Å². The molecule has 0 N–H and O–H groups in total. The lowest BCUT2D eigenvalue weighted by Gasteiger charge is -2.08. The first kappa shape index (κ1) is 17.0. The zero-order valence-electron chi connectivity index (χ0n) is 15.0. The Morgan fingerprint density at radius 2 is 1.70 bits per heavy atom. The molecule has 5 heteroatoms. The van der Waals surface area contributed by atoms with E-state index in [2.05, 4.69) is 5.10 Å². The van der Waals surface area contributed by atoms with Crippen molar-refractivity contribution in [3.8, 4) is 0 Å². The zero-order chi connectivity index (χ0) is 19.0. The number of rotatable bonds is 4. The Morgan fingerprint density at radius 3 is 2.44 bits per heavy atom. The predicted octanol–water partition coefficient (Wildman–Crippen LogP) is 4.28. The SMILES string of the molecule is CC(C)OC(=O)c1cc(C(=O)c2ccccc2)n2ncc3ccccc3c12. The molecule has 134 valence electrons. The van der Waals surface area contributed by atoms with Gasteiger partial charge >= 0.3 is 5.97 Å². The number of ketones is 1. The predicted molar refractivity (Wildman–Crippen MR) is 103 cm³/mol. The largest absolute Gasteiger partial charge is 0.459 e. The van der Waals surface area contributed by atoms with Gasteiger partial charge in [-0.2, -0.15) is 5.10 Å². The van der Waals surface area contributed by atoms with Crippen LogP contribution in [0.4, 0.5) is 0 Å². The van der Waals surface area contributed by atoms with Crippen molar-refractivity contribution in [1.29, 1.82) is 0 Å². The van der Waals surface area contributed by atoms with Crippen molar-refractivity contribution in [3.63, 3.8) is 0 Å². The number of carbonyl (C=O) groups excluding carboxylic acids is 2. The highest BCUT2D eigenvalue weighted by Gasteiger charge is 2.24. The second kappa shape index (κ2) is 6.68. The quantitative estimate of drug-likeness (QED) is 0.403. The van der Waals surface area contributed by atoms with Crippen LogP contribution in [0.5, 0.6) is 0 Å². The van der Waals surface area contributed by atoms with Crippen LogP contribution in [-0.2, 0) is 4.74 Å². The van der Waals surface area contributed by atoms with Gasteiger partial charge in [-0.05, 0) is 19.9 Å². The number of ether oxygens (including phenoxy) is 1. The maximum Gasteiger partial charge on any atom is 0.340 e. The molecule has 0 saturated heterocycles. The minimum absolute atomic E-state index is 0.197. The lowest BCUT2D eigenvalue weighted by atomic mass is 10.1. The van der Waals surface area contributed by atoms with Crippen LogP contribution in [0.2, 0.25) is 0 Å². The van der Waals surface area contributed by atoms with Crippen LogP contribution in [0.1, 0.15) is 40.3 Å². The molecule has 27 heavy (non-hydrogen) atoms. The summed E-state index contributed by atoms with van der Waals surface area (Å²) in [5.41, 5.74) is 1.79. The van der Waals surface area contributed by atoms with Gasteiger partial charge in [0.2, 0.25) is 5.78 Å². The molecule has 4 rings (SSSR count). The summed E-state index contributed by atoms with van der Waals surface area (Å²) < 4.78 is 6.94. The number of nitrogens with zero attached hydrogens (tertiary/aromatic N) is 2. The molecule has 0 aliphatic heterocycles. The minimum Gasteiger partial charge on any atom is -0.459 e. The average Bonchev–Trinajstić information content (AvgIpc) is 3.08. The number of fused-ring (bicyclic) bond motifs is 3. The van der Waals surface area contributed by atoms with Gasteiger partial charge in [0.05, 0.1) is 23.4 Å². The summed E-state index contributed by atoms with van der Waals surface area (Å²) in [5, 5.41) is 6.16. The van der Waals surface area contributed by atoms with Gasteiger partial charge in [-0.15, -0.1) is 0 Å². The fraction of sp³-hybridized carbons (Fsp3) is 0.136. The van der Waals surface area contributed by atoms with Gasteiger partial charge in [-0.25, -0.2) is 9.31 Å². The third kappa shape index (κ3) is 2.97. The summed E-state index contributed by atoms with van der Waals surface area (Å²) in [6.07, 6.45) is 1.44. The Labute approximate surface area is 156 Å². The maximum atomic E-state index is 13.0. The highest BCUT2D eigenvalue weighted by Crippen LogP contribution is 2.27. The van der Waals surface area contributed by atoms with E-state index in [9.17, 15) is 9.59 Å². The highest BCUT2D eigenvalue weighted by atomic mass is 16.5. The van der Waals surface area contributed by atoms with Crippen LogP contribution < -0.4 is 0 Å². The van der Waals surface area contributed by atoms with E-state index in [1.54, 1.807) is 50.4 Å². The Bertz CT molecular complexity index is 1160. The molecule has 0 fully saturated rings.